The molecule has 0 aliphatic heterocycles. The van der Waals surface area contributed by atoms with Gasteiger partial charge in [-0.3, -0.25) is 4.79 Å². The summed E-state index contributed by atoms with van der Waals surface area (Å²) in [7, 11) is 0. The molecule has 1 aromatic rings. The van der Waals surface area contributed by atoms with Crippen molar-refractivity contribution >= 4 is 5.91 Å². The SMILES string of the molecule is CCCCCc1ccc(C)c(C(N)=O)c1. The molecule has 0 fully saturated rings. The zero-order valence-corrected chi connectivity index (χ0v) is 9.55. The lowest BCUT2D eigenvalue weighted by Gasteiger charge is -2.05. The van der Waals surface area contributed by atoms with Crippen LogP contribution in [0.5, 0.6) is 0 Å². The number of benzene rings is 1. The van der Waals surface area contributed by atoms with Crippen LogP contribution in [0.25, 0.3) is 0 Å². The van der Waals surface area contributed by atoms with Crippen LogP contribution in [0.15, 0.2) is 18.2 Å². The van der Waals surface area contributed by atoms with E-state index in [1.165, 1.54) is 24.8 Å². The first kappa shape index (κ1) is 11.8. The van der Waals surface area contributed by atoms with Gasteiger partial charge in [-0.2, -0.15) is 0 Å². The van der Waals surface area contributed by atoms with E-state index in [9.17, 15) is 4.79 Å². The third kappa shape index (κ3) is 3.39. The number of nitrogens with two attached hydrogens (primary N) is 1. The van der Waals surface area contributed by atoms with Crippen LogP contribution in [0.3, 0.4) is 0 Å². The lowest BCUT2D eigenvalue weighted by Crippen LogP contribution is -2.13. The van der Waals surface area contributed by atoms with Crippen molar-refractivity contribution in [1.29, 1.82) is 0 Å². The molecule has 82 valence electrons. The molecule has 0 radical (unpaired) electrons. The summed E-state index contributed by atoms with van der Waals surface area (Å²) in [6, 6.07) is 5.98. The maximum Gasteiger partial charge on any atom is 0.248 e. The number of unbranched alkanes of at least 4 members (excludes halogenated alkanes) is 2. The number of hydrogen-bond acceptors (Lipinski definition) is 1. The number of carbonyl (C=O) groups is 1. The first-order valence-electron chi connectivity index (χ1n) is 5.54. The predicted octanol–water partition coefficient (Wildman–Crippen LogP) is 2.83. The number of aryl methyl sites for hydroxylation is 2. The van der Waals surface area contributed by atoms with E-state index in [0.717, 1.165) is 12.0 Å². The van der Waals surface area contributed by atoms with E-state index < -0.39 is 0 Å². The van der Waals surface area contributed by atoms with Crippen molar-refractivity contribution in [3.05, 3.63) is 34.9 Å². The summed E-state index contributed by atoms with van der Waals surface area (Å²) in [5, 5.41) is 0. The van der Waals surface area contributed by atoms with E-state index in [4.69, 9.17) is 5.73 Å². The molecule has 2 nitrogen and oxygen atoms in total. The lowest BCUT2D eigenvalue weighted by molar-refractivity contribution is 0.0999. The van der Waals surface area contributed by atoms with Crippen LogP contribution in [0, 0.1) is 6.92 Å². The van der Waals surface area contributed by atoms with Gasteiger partial charge in [-0.05, 0) is 37.0 Å². The summed E-state index contributed by atoms with van der Waals surface area (Å²) in [6.07, 6.45) is 4.67. The van der Waals surface area contributed by atoms with E-state index >= 15 is 0 Å². The second kappa shape index (κ2) is 5.54. The molecule has 2 N–H and O–H groups in total. The van der Waals surface area contributed by atoms with Gasteiger partial charge in [0.1, 0.15) is 0 Å². The molecule has 0 aromatic heterocycles. The molecule has 0 atom stereocenters. The number of primary amides is 1. The van der Waals surface area contributed by atoms with Gasteiger partial charge in [0, 0.05) is 5.56 Å². The summed E-state index contributed by atoms with van der Waals surface area (Å²) in [4.78, 5) is 11.1. The Hall–Kier alpha value is -1.31. The number of amides is 1. The van der Waals surface area contributed by atoms with Gasteiger partial charge in [-0.15, -0.1) is 0 Å². The van der Waals surface area contributed by atoms with E-state index in [1.54, 1.807) is 0 Å². The van der Waals surface area contributed by atoms with Crippen LogP contribution in [-0.4, -0.2) is 5.91 Å². The van der Waals surface area contributed by atoms with Crippen LogP contribution in [0.1, 0.15) is 47.7 Å². The van der Waals surface area contributed by atoms with Crippen molar-refractivity contribution in [2.24, 2.45) is 5.73 Å². The predicted molar refractivity (Wildman–Crippen MR) is 62.9 cm³/mol. The monoisotopic (exact) mass is 205 g/mol. The Morgan fingerprint density at radius 3 is 2.67 bits per heavy atom. The summed E-state index contributed by atoms with van der Waals surface area (Å²) in [5.74, 6) is -0.329. The van der Waals surface area contributed by atoms with Crippen LogP contribution in [-0.2, 0) is 6.42 Å². The first-order chi connectivity index (χ1) is 7.15. The van der Waals surface area contributed by atoms with Crippen LogP contribution >= 0.6 is 0 Å². The van der Waals surface area contributed by atoms with Crippen molar-refractivity contribution in [2.75, 3.05) is 0 Å². The highest BCUT2D eigenvalue weighted by Crippen LogP contribution is 2.13. The average molecular weight is 205 g/mol. The fraction of sp³-hybridized carbons (Fsp3) is 0.462. The van der Waals surface area contributed by atoms with Gasteiger partial charge < -0.3 is 5.73 Å². The summed E-state index contributed by atoms with van der Waals surface area (Å²) in [5.41, 5.74) is 8.13. The van der Waals surface area contributed by atoms with Gasteiger partial charge in [-0.1, -0.05) is 31.9 Å². The maximum atomic E-state index is 11.1. The van der Waals surface area contributed by atoms with Gasteiger partial charge in [0.2, 0.25) is 5.91 Å². The summed E-state index contributed by atoms with van der Waals surface area (Å²) >= 11 is 0. The minimum Gasteiger partial charge on any atom is -0.366 e. The first-order valence-corrected chi connectivity index (χ1v) is 5.54. The van der Waals surface area contributed by atoms with Gasteiger partial charge in [0.15, 0.2) is 0 Å². The van der Waals surface area contributed by atoms with Crippen LogP contribution < -0.4 is 5.73 Å². The third-order valence-corrected chi connectivity index (χ3v) is 2.64. The molecule has 0 bridgehead atoms. The molecule has 0 saturated carbocycles. The highest BCUT2D eigenvalue weighted by Gasteiger charge is 2.05. The number of hydrogen-bond donors (Lipinski definition) is 1. The van der Waals surface area contributed by atoms with Gasteiger partial charge in [0.05, 0.1) is 0 Å². The Kier molecular flexibility index (Phi) is 4.35. The largest absolute Gasteiger partial charge is 0.366 e. The van der Waals surface area contributed by atoms with Crippen molar-refractivity contribution in [3.8, 4) is 0 Å². The zero-order chi connectivity index (χ0) is 11.3. The fourth-order valence-electron chi connectivity index (χ4n) is 1.67. The molecule has 0 unspecified atom stereocenters. The quantitative estimate of drug-likeness (QED) is 0.738. The molecule has 1 rings (SSSR count). The Morgan fingerprint density at radius 2 is 2.07 bits per heavy atom. The topological polar surface area (TPSA) is 43.1 Å². The average Bonchev–Trinajstić information content (AvgIpc) is 2.20. The minimum atomic E-state index is -0.329. The fourth-order valence-corrected chi connectivity index (χ4v) is 1.67. The molecule has 0 aliphatic carbocycles. The highest BCUT2D eigenvalue weighted by atomic mass is 16.1. The Balaban J connectivity index is 2.74. The molecule has 15 heavy (non-hydrogen) atoms. The zero-order valence-electron chi connectivity index (χ0n) is 9.55. The molecule has 2 heteroatoms. The normalized spacial score (nSPS) is 10.3. The van der Waals surface area contributed by atoms with E-state index in [2.05, 4.69) is 13.0 Å². The molecular formula is C13H19NO. The van der Waals surface area contributed by atoms with E-state index in [-0.39, 0.29) is 5.91 Å². The minimum absolute atomic E-state index is 0.329. The molecule has 0 aliphatic rings. The third-order valence-electron chi connectivity index (χ3n) is 2.64. The van der Waals surface area contributed by atoms with E-state index in [0.29, 0.717) is 5.56 Å². The van der Waals surface area contributed by atoms with Crippen LogP contribution in [0.4, 0.5) is 0 Å². The molecule has 0 heterocycles. The van der Waals surface area contributed by atoms with E-state index in [1.807, 2.05) is 19.1 Å². The Labute approximate surface area is 91.5 Å². The summed E-state index contributed by atoms with van der Waals surface area (Å²) in [6.45, 7) is 4.10. The van der Waals surface area contributed by atoms with Gasteiger partial charge in [0.25, 0.3) is 0 Å². The molecule has 1 aromatic carbocycles. The van der Waals surface area contributed by atoms with Crippen molar-refractivity contribution < 1.29 is 4.79 Å². The lowest BCUT2D eigenvalue weighted by atomic mass is 10.0. The van der Waals surface area contributed by atoms with Gasteiger partial charge in [-0.25, -0.2) is 0 Å². The smallest absolute Gasteiger partial charge is 0.248 e. The standard InChI is InChI=1S/C13H19NO/c1-3-4-5-6-11-8-7-10(2)12(9-11)13(14)15/h7-9H,3-6H2,1-2H3,(H2,14,15). The molecule has 0 saturated heterocycles. The van der Waals surface area contributed by atoms with Crippen molar-refractivity contribution in [2.45, 2.75) is 39.5 Å². The van der Waals surface area contributed by atoms with Gasteiger partial charge >= 0.3 is 0 Å². The molecule has 1 amide bonds. The Morgan fingerprint density at radius 1 is 1.33 bits per heavy atom. The summed E-state index contributed by atoms with van der Waals surface area (Å²) < 4.78 is 0. The Bertz CT molecular complexity index is 344. The number of rotatable bonds is 5. The molecular weight excluding hydrogens is 186 g/mol. The highest BCUT2D eigenvalue weighted by molar-refractivity contribution is 5.94. The van der Waals surface area contributed by atoms with Crippen molar-refractivity contribution in [1.82, 2.24) is 0 Å². The number of carbonyl (C=O) groups excluding carboxylic acids is 1. The van der Waals surface area contributed by atoms with Crippen molar-refractivity contribution in [3.63, 3.8) is 0 Å². The second-order valence-corrected chi connectivity index (χ2v) is 3.97. The molecule has 0 spiro atoms. The maximum absolute atomic E-state index is 11.1. The van der Waals surface area contributed by atoms with Crippen LogP contribution in [0.2, 0.25) is 0 Å². The second-order valence-electron chi connectivity index (χ2n) is 3.97.